The number of rotatable bonds is 4. The Kier molecular flexibility index (Phi) is 6.42. The fourth-order valence-electron chi connectivity index (χ4n) is 6.06. The fourth-order valence-corrected chi connectivity index (χ4v) is 6.06. The summed E-state index contributed by atoms with van der Waals surface area (Å²) in [6.45, 7) is 0.115. The van der Waals surface area contributed by atoms with Gasteiger partial charge in [0.25, 0.3) is 11.5 Å². The Morgan fingerprint density at radius 1 is 1.08 bits per heavy atom. The van der Waals surface area contributed by atoms with Crippen molar-refractivity contribution in [3.8, 4) is 0 Å². The predicted octanol–water partition coefficient (Wildman–Crippen LogP) is 4.60. The number of alkyl halides is 3. The summed E-state index contributed by atoms with van der Waals surface area (Å²) in [6, 6.07) is 10.3. The van der Waals surface area contributed by atoms with E-state index < -0.39 is 35.2 Å². The number of benzene rings is 2. The molecule has 2 aromatic rings. The van der Waals surface area contributed by atoms with E-state index in [1.807, 2.05) is 0 Å². The summed E-state index contributed by atoms with van der Waals surface area (Å²) in [5.41, 5.74) is -1.87. The standard InChI is InChI=1S/C27H28F4N2O4/c1-36-26(27(29,30)31,20-8-5-17-3-2-4-19(17)15-20)23(34)33-13-11-25(12-14-33)22(16-32-24(35)37-25)18-6-9-21(28)10-7-18/h5-10,15,22H,2-4,11-14,16H2,1H3,(H,32,35)/t22-,26+/m0/s1. The molecule has 0 unspecified atom stereocenters. The molecule has 198 valence electrons. The van der Waals surface area contributed by atoms with Gasteiger partial charge in [-0.3, -0.25) is 4.79 Å². The fraction of sp³-hybridized carbons (Fsp3) is 0.481. The van der Waals surface area contributed by atoms with Gasteiger partial charge in [-0.25, -0.2) is 9.18 Å². The Morgan fingerprint density at radius 2 is 1.76 bits per heavy atom. The quantitative estimate of drug-likeness (QED) is 0.599. The predicted molar refractivity (Wildman–Crippen MR) is 125 cm³/mol. The highest BCUT2D eigenvalue weighted by Crippen LogP contribution is 2.47. The molecule has 0 saturated carbocycles. The number of nitrogens with one attached hydrogen (secondary N) is 1. The molecule has 0 bridgehead atoms. The van der Waals surface area contributed by atoms with Crippen LogP contribution in [-0.2, 0) is 32.7 Å². The van der Waals surface area contributed by atoms with Crippen LogP contribution in [0, 0.1) is 5.82 Å². The first-order valence-electron chi connectivity index (χ1n) is 12.4. The van der Waals surface area contributed by atoms with Gasteiger partial charge in [0.05, 0.1) is 0 Å². The highest BCUT2D eigenvalue weighted by molar-refractivity contribution is 5.88. The number of fused-ring (bicyclic) bond motifs is 1. The minimum absolute atomic E-state index is 0.0596. The van der Waals surface area contributed by atoms with Crippen molar-refractivity contribution >= 4 is 12.0 Å². The number of ether oxygens (including phenoxy) is 2. The maximum Gasteiger partial charge on any atom is 0.430 e. The molecule has 1 N–H and O–H groups in total. The molecule has 2 fully saturated rings. The maximum atomic E-state index is 14.7. The van der Waals surface area contributed by atoms with E-state index in [2.05, 4.69) is 5.32 Å². The number of carbonyl (C=O) groups excluding carboxylic acids is 2. The average Bonchev–Trinajstić information content (AvgIpc) is 3.33. The van der Waals surface area contributed by atoms with Crippen LogP contribution in [-0.4, -0.2) is 55.4 Å². The highest BCUT2D eigenvalue weighted by Gasteiger charge is 2.64. The molecular formula is C27H28F4N2O4. The van der Waals surface area contributed by atoms with E-state index in [1.165, 1.54) is 24.3 Å². The third-order valence-corrected chi connectivity index (χ3v) is 8.06. The van der Waals surface area contributed by atoms with Crippen molar-refractivity contribution in [1.82, 2.24) is 10.2 Å². The summed E-state index contributed by atoms with van der Waals surface area (Å²) in [4.78, 5) is 26.9. The van der Waals surface area contributed by atoms with Crippen LogP contribution in [0.1, 0.15) is 47.4 Å². The Balaban J connectivity index is 1.43. The lowest BCUT2D eigenvalue weighted by molar-refractivity contribution is -0.271. The largest absolute Gasteiger partial charge is 0.442 e. The lowest BCUT2D eigenvalue weighted by Gasteiger charge is -2.49. The molecule has 2 amide bonds. The topological polar surface area (TPSA) is 67.9 Å². The zero-order valence-electron chi connectivity index (χ0n) is 20.4. The number of amides is 2. The second kappa shape index (κ2) is 9.31. The molecule has 2 aliphatic heterocycles. The van der Waals surface area contributed by atoms with E-state index in [9.17, 15) is 27.2 Å². The molecule has 1 aliphatic carbocycles. The van der Waals surface area contributed by atoms with Crippen LogP contribution in [0.4, 0.5) is 22.4 Å². The number of halogens is 4. The minimum atomic E-state index is -5.00. The number of carbonyl (C=O) groups is 2. The first kappa shape index (κ1) is 25.5. The molecule has 2 heterocycles. The van der Waals surface area contributed by atoms with Crippen LogP contribution in [0.15, 0.2) is 42.5 Å². The van der Waals surface area contributed by atoms with Crippen LogP contribution < -0.4 is 5.32 Å². The highest BCUT2D eigenvalue weighted by atomic mass is 19.4. The number of hydrogen-bond acceptors (Lipinski definition) is 4. The smallest absolute Gasteiger partial charge is 0.430 e. The van der Waals surface area contributed by atoms with E-state index in [4.69, 9.17) is 9.47 Å². The monoisotopic (exact) mass is 520 g/mol. The summed E-state index contributed by atoms with van der Waals surface area (Å²) < 4.78 is 68.2. The van der Waals surface area contributed by atoms with Gasteiger partial charge in [-0.1, -0.05) is 30.3 Å². The third-order valence-electron chi connectivity index (χ3n) is 8.06. The van der Waals surface area contributed by atoms with Crippen LogP contribution in [0.3, 0.4) is 0 Å². The molecule has 10 heteroatoms. The van der Waals surface area contributed by atoms with E-state index >= 15 is 0 Å². The van der Waals surface area contributed by atoms with Gasteiger partial charge in [-0.15, -0.1) is 0 Å². The van der Waals surface area contributed by atoms with Gasteiger partial charge in [0, 0.05) is 51.1 Å². The van der Waals surface area contributed by atoms with E-state index in [-0.39, 0.29) is 44.0 Å². The molecule has 2 atom stereocenters. The zero-order valence-corrected chi connectivity index (χ0v) is 20.4. The number of likely N-dealkylation sites (tertiary alicyclic amines) is 1. The summed E-state index contributed by atoms with van der Waals surface area (Å²) in [5, 5.41) is 2.64. The average molecular weight is 521 g/mol. The summed E-state index contributed by atoms with van der Waals surface area (Å²) in [6.07, 6.45) is -3.05. The van der Waals surface area contributed by atoms with Crippen molar-refractivity contribution < 1.29 is 36.6 Å². The lowest BCUT2D eigenvalue weighted by atomic mass is 9.74. The van der Waals surface area contributed by atoms with Crippen LogP contribution in [0.5, 0.6) is 0 Å². The van der Waals surface area contributed by atoms with Crippen molar-refractivity contribution in [2.45, 2.75) is 55.4 Å². The van der Waals surface area contributed by atoms with Crippen molar-refractivity contribution in [3.63, 3.8) is 0 Å². The second-order valence-corrected chi connectivity index (χ2v) is 9.95. The van der Waals surface area contributed by atoms with E-state index in [0.29, 0.717) is 6.42 Å². The lowest BCUT2D eigenvalue weighted by Crippen LogP contribution is -2.62. The number of hydrogen-bond donors (Lipinski definition) is 1. The van der Waals surface area contributed by atoms with E-state index in [0.717, 1.165) is 41.5 Å². The summed E-state index contributed by atoms with van der Waals surface area (Å²) >= 11 is 0. The Bertz CT molecular complexity index is 1190. The van der Waals surface area contributed by atoms with Gasteiger partial charge in [-0.2, -0.15) is 13.2 Å². The number of piperidine rings is 1. The molecule has 3 aliphatic rings. The first-order chi connectivity index (χ1) is 17.6. The molecule has 2 aromatic carbocycles. The normalized spacial score (nSPS) is 22.7. The second-order valence-electron chi connectivity index (χ2n) is 9.95. The van der Waals surface area contributed by atoms with Gasteiger partial charge < -0.3 is 19.7 Å². The molecule has 37 heavy (non-hydrogen) atoms. The van der Waals surface area contributed by atoms with Gasteiger partial charge >= 0.3 is 12.3 Å². The Morgan fingerprint density at radius 3 is 2.41 bits per heavy atom. The van der Waals surface area contributed by atoms with Gasteiger partial charge in [0.2, 0.25) is 0 Å². The number of aryl methyl sites for hydroxylation is 2. The Labute approximate surface area is 211 Å². The molecule has 0 aromatic heterocycles. The summed E-state index contributed by atoms with van der Waals surface area (Å²) in [7, 11) is 0.906. The van der Waals surface area contributed by atoms with Crippen molar-refractivity contribution in [2.75, 3.05) is 26.7 Å². The SMILES string of the molecule is CO[C@@](C(=O)N1CCC2(CC1)OC(=O)NC[C@H]2c1ccc(F)cc1)(c1ccc2c(c1)CCC2)C(F)(F)F. The van der Waals surface area contributed by atoms with E-state index in [1.54, 1.807) is 18.2 Å². The van der Waals surface area contributed by atoms with Crippen LogP contribution >= 0.6 is 0 Å². The van der Waals surface area contributed by atoms with Gasteiger partial charge in [0.15, 0.2) is 0 Å². The summed E-state index contributed by atoms with van der Waals surface area (Å²) in [5.74, 6) is -1.95. The molecule has 5 rings (SSSR count). The number of methoxy groups -OCH3 is 1. The van der Waals surface area contributed by atoms with Crippen molar-refractivity contribution in [2.24, 2.45) is 0 Å². The molecular weight excluding hydrogens is 492 g/mol. The molecule has 2 saturated heterocycles. The third kappa shape index (κ3) is 4.24. The molecule has 0 radical (unpaired) electrons. The van der Waals surface area contributed by atoms with Crippen LogP contribution in [0.2, 0.25) is 0 Å². The maximum absolute atomic E-state index is 14.7. The molecule has 1 spiro atoms. The minimum Gasteiger partial charge on any atom is -0.442 e. The van der Waals surface area contributed by atoms with Crippen molar-refractivity contribution in [1.29, 1.82) is 0 Å². The number of nitrogens with zero attached hydrogens (tertiary/aromatic N) is 1. The van der Waals surface area contributed by atoms with Gasteiger partial charge in [0.1, 0.15) is 11.4 Å². The van der Waals surface area contributed by atoms with Crippen molar-refractivity contribution in [3.05, 3.63) is 70.5 Å². The van der Waals surface area contributed by atoms with Crippen LogP contribution in [0.25, 0.3) is 0 Å². The molecule has 6 nitrogen and oxygen atoms in total. The zero-order chi connectivity index (χ0) is 26.4. The number of alkyl carbamates (subject to hydrolysis) is 1. The van der Waals surface area contributed by atoms with Gasteiger partial charge in [-0.05, 0) is 48.1 Å². The first-order valence-corrected chi connectivity index (χ1v) is 12.4. The Hall–Kier alpha value is -3.14.